The molecule has 0 bridgehead atoms. The fraction of sp³-hybridized carbons (Fsp3) is 0.385. The Morgan fingerprint density at radius 2 is 1.35 bits per heavy atom. The van der Waals surface area contributed by atoms with Crippen molar-refractivity contribution in [3.63, 3.8) is 0 Å². The van der Waals surface area contributed by atoms with E-state index in [4.69, 9.17) is 11.5 Å². The number of benzene rings is 1. The summed E-state index contributed by atoms with van der Waals surface area (Å²) in [4.78, 5) is 22.8. The highest BCUT2D eigenvalue weighted by Crippen LogP contribution is 2.24. The Morgan fingerprint density at radius 3 is 1.59 bits per heavy atom. The highest BCUT2D eigenvalue weighted by Gasteiger charge is 2.18. The first-order valence-corrected chi connectivity index (χ1v) is 5.68. The lowest BCUT2D eigenvalue weighted by molar-refractivity contribution is 0.0998. The van der Waals surface area contributed by atoms with Crippen LogP contribution in [0.2, 0.25) is 0 Å². The van der Waals surface area contributed by atoms with Gasteiger partial charge in [0, 0.05) is 11.1 Å². The van der Waals surface area contributed by atoms with Crippen LogP contribution in [0.3, 0.4) is 0 Å². The minimum Gasteiger partial charge on any atom is -0.366 e. The molecule has 0 aliphatic carbocycles. The Balaban J connectivity index is 3.66. The fourth-order valence-corrected chi connectivity index (χ4v) is 2.26. The van der Waals surface area contributed by atoms with Crippen molar-refractivity contribution in [2.45, 2.75) is 33.6 Å². The molecule has 0 heterocycles. The first kappa shape index (κ1) is 13.2. The van der Waals surface area contributed by atoms with Crippen LogP contribution in [0.5, 0.6) is 0 Å². The van der Waals surface area contributed by atoms with E-state index >= 15 is 0 Å². The first-order valence-electron chi connectivity index (χ1n) is 5.68. The average Bonchev–Trinajstić information content (AvgIpc) is 2.27. The van der Waals surface area contributed by atoms with Crippen LogP contribution >= 0.6 is 0 Å². The maximum Gasteiger partial charge on any atom is 0.249 e. The molecule has 4 N–H and O–H groups in total. The second kappa shape index (κ2) is 4.99. The van der Waals surface area contributed by atoms with Crippen molar-refractivity contribution < 1.29 is 9.59 Å². The smallest absolute Gasteiger partial charge is 0.249 e. The van der Waals surface area contributed by atoms with Crippen molar-refractivity contribution in [3.05, 3.63) is 33.9 Å². The van der Waals surface area contributed by atoms with E-state index in [1.807, 2.05) is 20.8 Å². The van der Waals surface area contributed by atoms with Gasteiger partial charge in [0.1, 0.15) is 0 Å². The maximum atomic E-state index is 11.4. The van der Waals surface area contributed by atoms with Crippen LogP contribution in [-0.4, -0.2) is 11.8 Å². The van der Waals surface area contributed by atoms with Crippen LogP contribution in [-0.2, 0) is 12.8 Å². The molecule has 0 aliphatic rings. The highest BCUT2D eigenvalue weighted by molar-refractivity contribution is 6.01. The number of primary amides is 2. The summed E-state index contributed by atoms with van der Waals surface area (Å²) in [6, 6.07) is 1.52. The van der Waals surface area contributed by atoms with Gasteiger partial charge in [-0.2, -0.15) is 0 Å². The zero-order valence-electron chi connectivity index (χ0n) is 10.5. The third kappa shape index (κ3) is 2.30. The second-order valence-corrected chi connectivity index (χ2v) is 3.99. The van der Waals surface area contributed by atoms with E-state index < -0.39 is 11.8 Å². The monoisotopic (exact) mass is 234 g/mol. The number of carbonyl (C=O) groups is 2. The van der Waals surface area contributed by atoms with Crippen LogP contribution in [0.4, 0.5) is 0 Å². The molecule has 0 saturated carbocycles. The number of hydrogen-bond donors (Lipinski definition) is 2. The summed E-state index contributed by atoms with van der Waals surface area (Å²) in [7, 11) is 0. The molecule has 1 aromatic rings. The summed E-state index contributed by atoms with van der Waals surface area (Å²) in [5.41, 5.74) is 14.2. The Labute approximate surface area is 101 Å². The van der Waals surface area contributed by atoms with Gasteiger partial charge in [0.2, 0.25) is 11.8 Å². The van der Waals surface area contributed by atoms with Gasteiger partial charge < -0.3 is 11.5 Å². The molecule has 0 fully saturated rings. The molecule has 0 spiro atoms. The zero-order chi connectivity index (χ0) is 13.2. The summed E-state index contributed by atoms with van der Waals surface area (Å²) >= 11 is 0. The van der Waals surface area contributed by atoms with Crippen LogP contribution < -0.4 is 11.5 Å². The average molecular weight is 234 g/mol. The predicted octanol–water partition coefficient (Wildman–Crippen LogP) is 1.32. The molecule has 4 heteroatoms. The standard InChI is InChI=1S/C13H18N2O2/c1-4-8-7(3)9(5-2)11(13(15)17)6-10(8)12(14)16/h6H,4-5H2,1-3H3,(H2,14,16)(H2,15,17). The van der Waals surface area contributed by atoms with E-state index in [1.54, 1.807) is 0 Å². The van der Waals surface area contributed by atoms with E-state index in [1.165, 1.54) is 6.07 Å². The lowest BCUT2D eigenvalue weighted by Gasteiger charge is -2.16. The van der Waals surface area contributed by atoms with Crippen molar-refractivity contribution in [3.8, 4) is 0 Å². The molecule has 0 aromatic heterocycles. The molecule has 92 valence electrons. The summed E-state index contributed by atoms with van der Waals surface area (Å²) in [6.07, 6.45) is 1.41. The number of nitrogens with two attached hydrogens (primary N) is 2. The van der Waals surface area contributed by atoms with Crippen molar-refractivity contribution in [2.75, 3.05) is 0 Å². The normalized spacial score (nSPS) is 10.3. The van der Waals surface area contributed by atoms with Crippen molar-refractivity contribution in [2.24, 2.45) is 11.5 Å². The molecular formula is C13H18N2O2. The summed E-state index contributed by atoms with van der Waals surface area (Å²) in [5.74, 6) is -1.04. The Bertz CT molecular complexity index is 439. The zero-order valence-corrected chi connectivity index (χ0v) is 10.5. The van der Waals surface area contributed by atoms with Crippen molar-refractivity contribution in [1.29, 1.82) is 0 Å². The van der Waals surface area contributed by atoms with Crippen LogP contribution in [0.15, 0.2) is 6.07 Å². The molecular weight excluding hydrogens is 216 g/mol. The molecule has 0 radical (unpaired) electrons. The summed E-state index contributed by atoms with van der Waals surface area (Å²) in [5, 5.41) is 0. The second-order valence-electron chi connectivity index (χ2n) is 3.99. The van der Waals surface area contributed by atoms with Gasteiger partial charge in [0.25, 0.3) is 0 Å². The van der Waals surface area contributed by atoms with Gasteiger partial charge >= 0.3 is 0 Å². The molecule has 0 saturated heterocycles. The lowest BCUT2D eigenvalue weighted by atomic mass is 9.89. The van der Waals surface area contributed by atoms with Crippen LogP contribution in [0.25, 0.3) is 0 Å². The minimum atomic E-state index is -0.518. The SMILES string of the molecule is CCc1c(C(N)=O)cc(C(N)=O)c(CC)c1C. The lowest BCUT2D eigenvalue weighted by Crippen LogP contribution is -2.20. The molecule has 17 heavy (non-hydrogen) atoms. The third-order valence-electron chi connectivity index (χ3n) is 3.08. The largest absolute Gasteiger partial charge is 0.366 e. The van der Waals surface area contributed by atoms with E-state index in [9.17, 15) is 9.59 Å². The van der Waals surface area contributed by atoms with Gasteiger partial charge in [-0.05, 0) is 42.5 Å². The fourth-order valence-electron chi connectivity index (χ4n) is 2.26. The quantitative estimate of drug-likeness (QED) is 0.823. The Morgan fingerprint density at radius 1 is 1.00 bits per heavy atom. The van der Waals surface area contributed by atoms with E-state index in [0.29, 0.717) is 24.0 Å². The molecule has 1 rings (SSSR count). The highest BCUT2D eigenvalue weighted by atomic mass is 16.1. The van der Waals surface area contributed by atoms with Crippen LogP contribution in [0.1, 0.15) is 51.3 Å². The van der Waals surface area contributed by atoms with Gasteiger partial charge in [-0.3, -0.25) is 9.59 Å². The van der Waals surface area contributed by atoms with E-state index in [2.05, 4.69) is 0 Å². The van der Waals surface area contributed by atoms with Gasteiger partial charge in [-0.15, -0.1) is 0 Å². The third-order valence-corrected chi connectivity index (χ3v) is 3.08. The Hall–Kier alpha value is -1.84. The topological polar surface area (TPSA) is 86.2 Å². The van der Waals surface area contributed by atoms with E-state index in [0.717, 1.165) is 16.7 Å². The molecule has 2 amide bonds. The number of rotatable bonds is 4. The van der Waals surface area contributed by atoms with Gasteiger partial charge in [0.05, 0.1) is 0 Å². The number of carbonyl (C=O) groups excluding carboxylic acids is 2. The summed E-state index contributed by atoms with van der Waals surface area (Å²) < 4.78 is 0. The van der Waals surface area contributed by atoms with Gasteiger partial charge in [-0.25, -0.2) is 0 Å². The van der Waals surface area contributed by atoms with Gasteiger partial charge in [-0.1, -0.05) is 13.8 Å². The molecule has 0 atom stereocenters. The minimum absolute atomic E-state index is 0.399. The molecule has 0 unspecified atom stereocenters. The number of hydrogen-bond acceptors (Lipinski definition) is 2. The first-order chi connectivity index (χ1) is 7.93. The summed E-state index contributed by atoms with van der Waals surface area (Å²) in [6.45, 7) is 5.81. The van der Waals surface area contributed by atoms with Crippen LogP contribution in [0, 0.1) is 6.92 Å². The molecule has 4 nitrogen and oxygen atoms in total. The van der Waals surface area contributed by atoms with E-state index in [-0.39, 0.29) is 0 Å². The van der Waals surface area contributed by atoms with Crippen molar-refractivity contribution >= 4 is 11.8 Å². The molecule has 1 aromatic carbocycles. The van der Waals surface area contributed by atoms with Gasteiger partial charge in [0.15, 0.2) is 0 Å². The van der Waals surface area contributed by atoms with Crippen molar-refractivity contribution in [1.82, 2.24) is 0 Å². The molecule has 0 aliphatic heterocycles. The number of amides is 2. The Kier molecular flexibility index (Phi) is 3.89. The maximum absolute atomic E-state index is 11.4. The predicted molar refractivity (Wildman–Crippen MR) is 67.0 cm³/mol.